The average molecular weight is 195 g/mol. The van der Waals surface area contributed by atoms with Gasteiger partial charge >= 0.3 is 0 Å². The second-order valence-corrected chi connectivity index (χ2v) is 3.60. The molecule has 0 amide bonds. The highest BCUT2D eigenvalue weighted by molar-refractivity contribution is 5.37. The highest BCUT2D eigenvalue weighted by Gasteiger charge is 2.07. The first-order valence-electron chi connectivity index (χ1n) is 4.42. The van der Waals surface area contributed by atoms with E-state index in [1.165, 1.54) is 0 Å². The molecule has 0 fully saturated rings. The molecule has 0 radical (unpaired) electrons. The van der Waals surface area contributed by atoms with Crippen molar-refractivity contribution in [3.05, 3.63) is 36.7 Å². The molecule has 0 aromatic rings. The van der Waals surface area contributed by atoms with Crippen molar-refractivity contribution >= 4 is 6.47 Å². The van der Waals surface area contributed by atoms with E-state index in [0.29, 0.717) is 6.47 Å². The Bertz CT molecular complexity index is 220. The normalized spacial score (nSPS) is 13.4. The van der Waals surface area contributed by atoms with Crippen molar-refractivity contribution in [3.8, 4) is 0 Å². The van der Waals surface area contributed by atoms with Crippen LogP contribution >= 0.6 is 0 Å². The second-order valence-electron chi connectivity index (χ2n) is 3.60. The van der Waals surface area contributed by atoms with Gasteiger partial charge in [-0.1, -0.05) is 12.2 Å². The third kappa shape index (κ3) is 10.5. The summed E-state index contributed by atoms with van der Waals surface area (Å²) in [6.07, 6.45) is 11.6. The van der Waals surface area contributed by atoms with Gasteiger partial charge in [-0.25, -0.2) is 0 Å². The first-order valence-corrected chi connectivity index (χ1v) is 4.42. The lowest BCUT2D eigenvalue weighted by atomic mass is 10.2. The summed E-state index contributed by atoms with van der Waals surface area (Å²) >= 11 is 0. The van der Waals surface area contributed by atoms with E-state index in [9.17, 15) is 4.79 Å². The molecule has 0 atom stereocenters. The van der Waals surface area contributed by atoms with Crippen LogP contribution in [0.25, 0.3) is 0 Å². The van der Waals surface area contributed by atoms with Gasteiger partial charge in [-0.05, 0) is 32.9 Å². The van der Waals surface area contributed by atoms with Gasteiger partial charge in [0, 0.05) is 12.4 Å². The van der Waals surface area contributed by atoms with Crippen LogP contribution < -0.4 is 5.32 Å². The molecule has 0 bridgehead atoms. The van der Waals surface area contributed by atoms with Crippen molar-refractivity contribution in [2.75, 3.05) is 0 Å². The summed E-state index contributed by atoms with van der Waals surface area (Å²) in [5, 5.41) is 2.92. The minimum Gasteiger partial charge on any atom is -0.462 e. The minimum atomic E-state index is -0.318. The fourth-order valence-corrected chi connectivity index (χ4v) is 0.550. The molecule has 0 aromatic heterocycles. The lowest BCUT2D eigenvalue weighted by Crippen LogP contribution is -2.17. The van der Waals surface area contributed by atoms with Crippen LogP contribution in [0.5, 0.6) is 0 Å². The summed E-state index contributed by atoms with van der Waals surface area (Å²) in [6, 6.07) is 0. The summed E-state index contributed by atoms with van der Waals surface area (Å²) in [4.78, 5) is 9.60. The van der Waals surface area contributed by atoms with Crippen molar-refractivity contribution in [1.82, 2.24) is 5.32 Å². The molecule has 0 saturated carbocycles. The highest BCUT2D eigenvalue weighted by Crippen LogP contribution is 2.02. The predicted octanol–water partition coefficient (Wildman–Crippen LogP) is 2.13. The average Bonchev–Trinajstić information content (AvgIpc) is 2.32. The van der Waals surface area contributed by atoms with Gasteiger partial charge in [-0.3, -0.25) is 4.79 Å². The van der Waals surface area contributed by atoms with Gasteiger partial charge in [0.05, 0.1) is 0 Å². The molecule has 14 heavy (non-hydrogen) atoms. The van der Waals surface area contributed by atoms with Crippen LogP contribution in [0.1, 0.15) is 20.8 Å². The Labute approximate surface area is 85.1 Å². The summed E-state index contributed by atoms with van der Waals surface area (Å²) in [6.45, 7) is 5.92. The van der Waals surface area contributed by atoms with Gasteiger partial charge in [0.15, 0.2) is 0 Å². The Balaban J connectivity index is 0.000000241. The van der Waals surface area contributed by atoms with Crippen molar-refractivity contribution in [2.45, 2.75) is 26.4 Å². The molecule has 1 N–H and O–H groups in total. The lowest BCUT2D eigenvalue weighted by Gasteiger charge is -2.14. The molecule has 1 rings (SSSR count). The minimum absolute atomic E-state index is 0.318. The van der Waals surface area contributed by atoms with Gasteiger partial charge in [0.1, 0.15) is 5.60 Å². The van der Waals surface area contributed by atoms with Gasteiger partial charge < -0.3 is 10.1 Å². The predicted molar refractivity (Wildman–Crippen MR) is 57.5 cm³/mol. The molecule has 3 heteroatoms. The summed E-state index contributed by atoms with van der Waals surface area (Å²) in [5.74, 6) is 0. The zero-order valence-corrected chi connectivity index (χ0v) is 8.86. The van der Waals surface area contributed by atoms with Crippen LogP contribution in [0.2, 0.25) is 0 Å². The molecule has 0 unspecified atom stereocenters. The van der Waals surface area contributed by atoms with Crippen LogP contribution in [0.4, 0.5) is 0 Å². The molecule has 0 spiro atoms. The number of carbonyl (C=O) groups excluding carboxylic acids is 1. The van der Waals surface area contributed by atoms with Gasteiger partial charge in [-0.15, -0.1) is 0 Å². The number of hydrogen-bond donors (Lipinski definition) is 1. The van der Waals surface area contributed by atoms with Crippen molar-refractivity contribution in [2.24, 2.45) is 0 Å². The summed E-state index contributed by atoms with van der Waals surface area (Å²) in [5.41, 5.74) is -0.318. The Hall–Kier alpha value is -1.51. The van der Waals surface area contributed by atoms with Crippen molar-refractivity contribution < 1.29 is 9.53 Å². The maximum absolute atomic E-state index is 9.60. The molecular formula is C11H17NO2. The topological polar surface area (TPSA) is 38.3 Å². The number of allylic oxidation sites excluding steroid dienone is 4. The fraction of sp³-hybridized carbons (Fsp3) is 0.364. The van der Waals surface area contributed by atoms with Crippen molar-refractivity contribution in [1.29, 1.82) is 0 Å². The van der Waals surface area contributed by atoms with E-state index in [-0.39, 0.29) is 5.60 Å². The Morgan fingerprint density at radius 1 is 1.07 bits per heavy atom. The molecule has 78 valence electrons. The van der Waals surface area contributed by atoms with Crippen LogP contribution in [0.3, 0.4) is 0 Å². The third-order valence-electron chi connectivity index (χ3n) is 1.12. The molecule has 3 nitrogen and oxygen atoms in total. The Morgan fingerprint density at radius 3 is 1.86 bits per heavy atom. The second kappa shape index (κ2) is 6.95. The van der Waals surface area contributed by atoms with E-state index in [1.807, 2.05) is 57.5 Å². The zero-order valence-electron chi connectivity index (χ0n) is 8.86. The molecule has 1 aliphatic heterocycles. The van der Waals surface area contributed by atoms with E-state index < -0.39 is 0 Å². The Morgan fingerprint density at radius 2 is 1.57 bits per heavy atom. The van der Waals surface area contributed by atoms with E-state index in [2.05, 4.69) is 10.1 Å². The number of ether oxygens (including phenoxy) is 1. The standard InChI is InChI=1S/C6H7N.C5H10O2/c1-2-4-6-7-5-3-1;1-5(2,3)7-4-6/h1-7H;4H,1-3H3. The summed E-state index contributed by atoms with van der Waals surface area (Å²) in [7, 11) is 0. The number of carbonyl (C=O) groups is 1. The maximum Gasteiger partial charge on any atom is 0.293 e. The van der Waals surface area contributed by atoms with E-state index >= 15 is 0 Å². The quantitative estimate of drug-likeness (QED) is 0.651. The van der Waals surface area contributed by atoms with E-state index in [0.717, 1.165) is 0 Å². The molecular weight excluding hydrogens is 178 g/mol. The van der Waals surface area contributed by atoms with Crippen LogP contribution in [0.15, 0.2) is 36.7 Å². The van der Waals surface area contributed by atoms with Gasteiger partial charge in [-0.2, -0.15) is 0 Å². The highest BCUT2D eigenvalue weighted by atomic mass is 16.5. The van der Waals surface area contributed by atoms with Gasteiger partial charge in [0.25, 0.3) is 6.47 Å². The molecule has 0 saturated heterocycles. The maximum atomic E-state index is 9.60. The Kier molecular flexibility index (Phi) is 6.20. The first-order chi connectivity index (χ1) is 6.56. The number of hydrogen-bond acceptors (Lipinski definition) is 3. The van der Waals surface area contributed by atoms with Gasteiger partial charge in [0.2, 0.25) is 0 Å². The van der Waals surface area contributed by atoms with Crippen LogP contribution in [-0.4, -0.2) is 12.1 Å². The number of rotatable bonds is 1. The first kappa shape index (κ1) is 12.5. The van der Waals surface area contributed by atoms with Crippen LogP contribution in [-0.2, 0) is 9.53 Å². The smallest absolute Gasteiger partial charge is 0.293 e. The fourth-order valence-electron chi connectivity index (χ4n) is 0.550. The summed E-state index contributed by atoms with van der Waals surface area (Å²) < 4.78 is 4.55. The number of nitrogens with one attached hydrogen (secondary N) is 1. The molecule has 0 aromatic carbocycles. The molecule has 1 heterocycles. The molecule has 1 aliphatic rings. The zero-order chi connectivity index (χ0) is 10.9. The van der Waals surface area contributed by atoms with Crippen molar-refractivity contribution in [3.63, 3.8) is 0 Å². The monoisotopic (exact) mass is 195 g/mol. The SMILES string of the molecule is C1=CC=CNC=C1.CC(C)(C)OC=O. The third-order valence-corrected chi connectivity index (χ3v) is 1.12. The molecule has 0 aliphatic carbocycles. The lowest BCUT2D eigenvalue weighted by molar-refractivity contribution is -0.138. The van der Waals surface area contributed by atoms with E-state index in [1.54, 1.807) is 0 Å². The largest absolute Gasteiger partial charge is 0.462 e. The van der Waals surface area contributed by atoms with Crippen LogP contribution in [0, 0.1) is 0 Å². The van der Waals surface area contributed by atoms with E-state index in [4.69, 9.17) is 0 Å².